The molecule has 0 spiro atoms. The normalized spacial score (nSPS) is 15.9. The number of aryl methyl sites for hydroxylation is 1. The minimum atomic E-state index is -0.241. The van der Waals surface area contributed by atoms with Gasteiger partial charge < -0.3 is 14.6 Å². The lowest BCUT2D eigenvalue weighted by molar-refractivity contribution is 0.0876. The summed E-state index contributed by atoms with van der Waals surface area (Å²) < 4.78 is 5.15. The number of hydrogen-bond donors (Lipinski definition) is 1. The fourth-order valence-electron chi connectivity index (χ4n) is 2.89. The third-order valence-corrected chi connectivity index (χ3v) is 4.51. The third kappa shape index (κ3) is 4.35. The second kappa shape index (κ2) is 7.63. The Bertz CT molecular complexity index is 761. The number of ketones is 1. The summed E-state index contributed by atoms with van der Waals surface area (Å²) >= 11 is 0. The van der Waals surface area contributed by atoms with E-state index in [1.165, 1.54) is 6.26 Å². The number of anilines is 1. The van der Waals surface area contributed by atoms with Crippen LogP contribution >= 0.6 is 0 Å². The second-order valence-electron chi connectivity index (χ2n) is 6.43. The van der Waals surface area contributed by atoms with Gasteiger partial charge in [-0.2, -0.15) is 0 Å². The summed E-state index contributed by atoms with van der Waals surface area (Å²) in [7, 11) is 2.09. The van der Waals surface area contributed by atoms with Gasteiger partial charge in [0.25, 0.3) is 5.91 Å². The fraction of sp³-hybridized carbons (Fsp3) is 0.368. The number of amides is 1. The van der Waals surface area contributed by atoms with Crippen molar-refractivity contribution in [3.05, 3.63) is 53.5 Å². The first-order chi connectivity index (χ1) is 12.0. The van der Waals surface area contributed by atoms with Crippen LogP contribution in [-0.4, -0.2) is 61.3 Å². The molecule has 1 aliphatic heterocycles. The lowest BCUT2D eigenvalue weighted by Gasteiger charge is -2.31. The van der Waals surface area contributed by atoms with Crippen LogP contribution in [-0.2, 0) is 0 Å². The van der Waals surface area contributed by atoms with Gasteiger partial charge in [0.1, 0.15) is 5.76 Å². The van der Waals surface area contributed by atoms with Crippen molar-refractivity contribution < 1.29 is 14.0 Å². The van der Waals surface area contributed by atoms with E-state index in [2.05, 4.69) is 22.2 Å². The Morgan fingerprint density at radius 1 is 1.16 bits per heavy atom. The van der Waals surface area contributed by atoms with E-state index in [1.54, 1.807) is 37.3 Å². The molecule has 0 saturated carbocycles. The predicted molar refractivity (Wildman–Crippen MR) is 96.1 cm³/mol. The van der Waals surface area contributed by atoms with Crippen LogP contribution in [0.1, 0.15) is 26.5 Å². The van der Waals surface area contributed by atoms with Gasteiger partial charge in [0.15, 0.2) is 5.78 Å². The Labute approximate surface area is 147 Å². The molecule has 1 aromatic heterocycles. The van der Waals surface area contributed by atoms with Crippen LogP contribution in [0.5, 0.6) is 0 Å². The number of carbonyl (C=O) groups excluding carboxylic acids is 2. The van der Waals surface area contributed by atoms with E-state index < -0.39 is 0 Å². The quantitative estimate of drug-likeness (QED) is 0.845. The smallest absolute Gasteiger partial charge is 0.259 e. The molecule has 1 aromatic carbocycles. The molecule has 1 N–H and O–H groups in total. The number of nitrogens with one attached hydrogen (secondary N) is 1. The zero-order chi connectivity index (χ0) is 17.8. The molecule has 1 fully saturated rings. The van der Waals surface area contributed by atoms with Gasteiger partial charge in [0, 0.05) is 37.4 Å². The van der Waals surface area contributed by atoms with Crippen LogP contribution in [0.4, 0.5) is 5.69 Å². The molecule has 2 heterocycles. The van der Waals surface area contributed by atoms with E-state index in [9.17, 15) is 9.59 Å². The van der Waals surface area contributed by atoms with Gasteiger partial charge in [-0.05, 0) is 32.2 Å². The van der Waals surface area contributed by atoms with Gasteiger partial charge in [-0.3, -0.25) is 14.5 Å². The molecule has 1 saturated heterocycles. The lowest BCUT2D eigenvalue weighted by atomic mass is 10.1. The zero-order valence-electron chi connectivity index (χ0n) is 14.6. The molecule has 1 amide bonds. The molecular weight excluding hydrogens is 318 g/mol. The summed E-state index contributed by atoms with van der Waals surface area (Å²) in [5, 5.41) is 2.82. The second-order valence-corrected chi connectivity index (χ2v) is 6.43. The first kappa shape index (κ1) is 17.4. The molecule has 2 aromatic rings. The average molecular weight is 341 g/mol. The molecule has 0 atom stereocenters. The standard InChI is InChI=1S/C19H23N3O3/c1-14-17(6-11-25-14)19(24)20-16-5-3-4-15(12-16)18(23)13-22-9-7-21(2)8-10-22/h3-6,11-12H,7-10,13H2,1-2H3,(H,20,24). The minimum absolute atomic E-state index is 0.0696. The molecule has 6 nitrogen and oxygen atoms in total. The molecule has 25 heavy (non-hydrogen) atoms. The Balaban J connectivity index is 1.63. The number of hydrogen-bond acceptors (Lipinski definition) is 5. The van der Waals surface area contributed by atoms with Crippen LogP contribution in [0.15, 0.2) is 41.0 Å². The number of benzene rings is 1. The fourth-order valence-corrected chi connectivity index (χ4v) is 2.89. The molecule has 0 aliphatic carbocycles. The maximum absolute atomic E-state index is 12.5. The number of rotatable bonds is 5. The largest absolute Gasteiger partial charge is 0.469 e. The Morgan fingerprint density at radius 2 is 1.92 bits per heavy atom. The monoisotopic (exact) mass is 341 g/mol. The maximum Gasteiger partial charge on any atom is 0.259 e. The number of Topliss-reactive ketones (excluding diaryl/α,β-unsaturated/α-hetero) is 1. The average Bonchev–Trinajstić information content (AvgIpc) is 3.03. The van der Waals surface area contributed by atoms with Crippen LogP contribution in [0.3, 0.4) is 0 Å². The summed E-state index contributed by atoms with van der Waals surface area (Å²) in [6, 6.07) is 8.71. The topological polar surface area (TPSA) is 65.8 Å². The zero-order valence-corrected chi connectivity index (χ0v) is 14.6. The van der Waals surface area contributed by atoms with Crippen molar-refractivity contribution in [1.82, 2.24) is 9.80 Å². The number of likely N-dealkylation sites (N-methyl/N-ethyl adjacent to an activating group) is 1. The summed E-state index contributed by atoms with van der Waals surface area (Å²) in [5.41, 5.74) is 1.71. The molecule has 3 rings (SSSR count). The van der Waals surface area contributed by atoms with Crippen molar-refractivity contribution in [3.8, 4) is 0 Å². The Morgan fingerprint density at radius 3 is 2.60 bits per heavy atom. The highest BCUT2D eigenvalue weighted by Crippen LogP contribution is 2.16. The summed E-state index contributed by atoms with van der Waals surface area (Å²) in [4.78, 5) is 29.2. The molecule has 0 unspecified atom stereocenters. The molecule has 0 radical (unpaired) electrons. The van der Waals surface area contributed by atoms with Crippen molar-refractivity contribution >= 4 is 17.4 Å². The molecule has 132 valence electrons. The van der Waals surface area contributed by atoms with Crippen LogP contribution in [0.2, 0.25) is 0 Å². The predicted octanol–water partition coefficient (Wildman–Crippen LogP) is 2.27. The van der Waals surface area contributed by atoms with Crippen molar-refractivity contribution in [1.29, 1.82) is 0 Å². The van der Waals surface area contributed by atoms with Gasteiger partial charge in [-0.25, -0.2) is 0 Å². The molecule has 6 heteroatoms. The van der Waals surface area contributed by atoms with E-state index in [0.29, 0.717) is 29.1 Å². The number of carbonyl (C=O) groups is 2. The number of piperazine rings is 1. The van der Waals surface area contributed by atoms with Gasteiger partial charge >= 0.3 is 0 Å². The Hall–Kier alpha value is -2.44. The van der Waals surface area contributed by atoms with Crippen LogP contribution in [0, 0.1) is 6.92 Å². The maximum atomic E-state index is 12.5. The molecule has 1 aliphatic rings. The van der Waals surface area contributed by atoms with Gasteiger partial charge in [0.2, 0.25) is 0 Å². The van der Waals surface area contributed by atoms with Crippen molar-refractivity contribution in [2.75, 3.05) is 45.1 Å². The van der Waals surface area contributed by atoms with Crippen molar-refractivity contribution in [2.24, 2.45) is 0 Å². The lowest BCUT2D eigenvalue weighted by Crippen LogP contribution is -2.46. The highest BCUT2D eigenvalue weighted by Gasteiger charge is 2.18. The van der Waals surface area contributed by atoms with Gasteiger partial charge in [-0.15, -0.1) is 0 Å². The molecule has 0 bridgehead atoms. The highest BCUT2D eigenvalue weighted by molar-refractivity contribution is 6.06. The third-order valence-electron chi connectivity index (χ3n) is 4.51. The highest BCUT2D eigenvalue weighted by atomic mass is 16.3. The van der Waals surface area contributed by atoms with E-state index in [-0.39, 0.29) is 11.7 Å². The van der Waals surface area contributed by atoms with Crippen molar-refractivity contribution in [2.45, 2.75) is 6.92 Å². The van der Waals surface area contributed by atoms with E-state index in [4.69, 9.17) is 4.42 Å². The number of furan rings is 1. The summed E-state index contributed by atoms with van der Waals surface area (Å²) in [6.45, 7) is 5.91. The van der Waals surface area contributed by atoms with Gasteiger partial charge in [0.05, 0.1) is 18.4 Å². The molecular formula is C19H23N3O3. The van der Waals surface area contributed by atoms with E-state index in [0.717, 1.165) is 26.2 Å². The minimum Gasteiger partial charge on any atom is -0.469 e. The summed E-state index contributed by atoms with van der Waals surface area (Å²) in [5.74, 6) is 0.398. The summed E-state index contributed by atoms with van der Waals surface area (Å²) in [6.07, 6.45) is 1.49. The van der Waals surface area contributed by atoms with Crippen LogP contribution < -0.4 is 5.32 Å². The number of nitrogens with zero attached hydrogens (tertiary/aromatic N) is 2. The van der Waals surface area contributed by atoms with Gasteiger partial charge in [-0.1, -0.05) is 12.1 Å². The Kier molecular flexibility index (Phi) is 5.31. The van der Waals surface area contributed by atoms with Crippen LogP contribution in [0.25, 0.3) is 0 Å². The first-order valence-corrected chi connectivity index (χ1v) is 8.42. The van der Waals surface area contributed by atoms with E-state index >= 15 is 0 Å². The van der Waals surface area contributed by atoms with E-state index in [1.807, 2.05) is 0 Å². The first-order valence-electron chi connectivity index (χ1n) is 8.42. The SMILES string of the molecule is Cc1occc1C(=O)Nc1cccc(C(=O)CN2CCN(C)CC2)c1. The van der Waals surface area contributed by atoms with Crippen molar-refractivity contribution in [3.63, 3.8) is 0 Å².